The van der Waals surface area contributed by atoms with Crippen LogP contribution in [0.5, 0.6) is 0 Å². The fraction of sp³-hybridized carbons (Fsp3) is 0.286. The number of nitrogens with one attached hydrogen (secondary N) is 1. The predicted molar refractivity (Wildman–Crippen MR) is 71.4 cm³/mol. The minimum Gasteiger partial charge on any atom is -0.481 e. The van der Waals surface area contributed by atoms with Crippen LogP contribution in [0.25, 0.3) is 0 Å². The second kappa shape index (κ2) is 7.05. The summed E-state index contributed by atoms with van der Waals surface area (Å²) < 4.78 is 0. The van der Waals surface area contributed by atoms with E-state index in [9.17, 15) is 14.4 Å². The molecule has 0 spiro atoms. The molecule has 7 nitrogen and oxygen atoms in total. The molecule has 0 saturated heterocycles. The third-order valence-electron chi connectivity index (χ3n) is 2.90. The highest BCUT2D eigenvalue weighted by Crippen LogP contribution is 2.17. The first kappa shape index (κ1) is 16.2. The zero-order valence-corrected chi connectivity index (χ0v) is 11.2. The first-order valence-corrected chi connectivity index (χ1v) is 6.10. The van der Waals surface area contributed by atoms with Crippen molar-refractivity contribution in [2.75, 3.05) is 0 Å². The van der Waals surface area contributed by atoms with Crippen molar-refractivity contribution < 1.29 is 24.6 Å². The summed E-state index contributed by atoms with van der Waals surface area (Å²) in [7, 11) is 0. The lowest BCUT2D eigenvalue weighted by Gasteiger charge is -2.17. The Hall–Kier alpha value is -2.88. The second-order valence-electron chi connectivity index (χ2n) is 4.46. The Morgan fingerprint density at radius 2 is 2.00 bits per heavy atom. The zero-order chi connectivity index (χ0) is 16.0. The largest absolute Gasteiger partial charge is 0.481 e. The van der Waals surface area contributed by atoms with E-state index in [0.29, 0.717) is 11.1 Å². The van der Waals surface area contributed by atoms with Crippen LogP contribution in [0, 0.1) is 11.3 Å². The third kappa shape index (κ3) is 4.62. The van der Waals surface area contributed by atoms with Crippen molar-refractivity contribution in [2.24, 2.45) is 0 Å². The van der Waals surface area contributed by atoms with Crippen LogP contribution < -0.4 is 5.32 Å². The molecule has 0 aliphatic carbocycles. The van der Waals surface area contributed by atoms with E-state index in [0.717, 1.165) is 0 Å². The van der Waals surface area contributed by atoms with Gasteiger partial charge in [-0.2, -0.15) is 5.26 Å². The zero-order valence-electron chi connectivity index (χ0n) is 11.2. The highest BCUT2D eigenvalue weighted by Gasteiger charge is 2.25. The van der Waals surface area contributed by atoms with Crippen molar-refractivity contribution in [1.82, 2.24) is 5.32 Å². The number of nitrogens with zero attached hydrogens (tertiary/aromatic N) is 1. The number of aliphatic carboxylic acids is 2. The summed E-state index contributed by atoms with van der Waals surface area (Å²) in [5, 5.41) is 28.5. The number of carbonyl (C=O) groups excluding carboxylic acids is 1. The molecular formula is C14H14N2O5. The molecular weight excluding hydrogens is 276 g/mol. The Balaban J connectivity index is 2.84. The summed E-state index contributed by atoms with van der Waals surface area (Å²) in [4.78, 5) is 33.5. The van der Waals surface area contributed by atoms with E-state index < -0.39 is 36.2 Å². The van der Waals surface area contributed by atoms with Gasteiger partial charge in [-0.05, 0) is 24.6 Å². The van der Waals surface area contributed by atoms with Crippen LogP contribution in [0.15, 0.2) is 24.3 Å². The first-order chi connectivity index (χ1) is 9.85. The van der Waals surface area contributed by atoms with Gasteiger partial charge in [0.25, 0.3) is 0 Å². The summed E-state index contributed by atoms with van der Waals surface area (Å²) in [6.45, 7) is 1.55. The van der Waals surface area contributed by atoms with Crippen LogP contribution >= 0.6 is 0 Å². The molecule has 21 heavy (non-hydrogen) atoms. The number of rotatable bonds is 6. The van der Waals surface area contributed by atoms with E-state index in [1.54, 1.807) is 25.1 Å². The molecule has 0 heterocycles. The standard InChI is InChI=1S/C14H14N2O5/c1-8(10-4-2-3-9(5-10)7-15)13(19)16-11(14(20)21)6-12(17)18/h2-5,8,11H,6H2,1H3,(H,16,19)(H,17,18)(H,20,21)/t8?,11-/m0/s1. The topological polar surface area (TPSA) is 127 Å². The normalized spacial score (nSPS) is 12.8. The first-order valence-electron chi connectivity index (χ1n) is 6.10. The van der Waals surface area contributed by atoms with Crippen molar-refractivity contribution in [3.8, 4) is 6.07 Å². The van der Waals surface area contributed by atoms with Gasteiger partial charge in [0.2, 0.25) is 5.91 Å². The SMILES string of the molecule is CC(C(=O)N[C@@H](CC(=O)O)C(=O)O)c1cccc(C#N)c1. The van der Waals surface area contributed by atoms with Gasteiger partial charge in [0.05, 0.1) is 24.0 Å². The maximum Gasteiger partial charge on any atom is 0.326 e. The fourth-order valence-electron chi connectivity index (χ4n) is 1.70. The highest BCUT2D eigenvalue weighted by molar-refractivity contribution is 5.89. The molecule has 0 aromatic heterocycles. The van der Waals surface area contributed by atoms with Crippen LogP contribution in [0.1, 0.15) is 30.4 Å². The third-order valence-corrected chi connectivity index (χ3v) is 2.90. The van der Waals surface area contributed by atoms with Gasteiger partial charge in [0.1, 0.15) is 6.04 Å². The quantitative estimate of drug-likeness (QED) is 0.707. The van der Waals surface area contributed by atoms with Crippen molar-refractivity contribution in [3.63, 3.8) is 0 Å². The fourth-order valence-corrected chi connectivity index (χ4v) is 1.70. The maximum atomic E-state index is 12.0. The second-order valence-corrected chi connectivity index (χ2v) is 4.46. The van der Waals surface area contributed by atoms with Gasteiger partial charge in [-0.1, -0.05) is 12.1 Å². The van der Waals surface area contributed by atoms with Gasteiger partial charge in [0.15, 0.2) is 0 Å². The molecule has 1 aromatic rings. The lowest BCUT2D eigenvalue weighted by molar-refractivity contribution is -0.147. The van der Waals surface area contributed by atoms with Gasteiger partial charge >= 0.3 is 11.9 Å². The number of carboxylic acid groups (broad SMARTS) is 2. The molecule has 110 valence electrons. The van der Waals surface area contributed by atoms with Crippen molar-refractivity contribution in [2.45, 2.75) is 25.3 Å². The molecule has 1 unspecified atom stereocenters. The van der Waals surface area contributed by atoms with E-state index in [1.165, 1.54) is 6.07 Å². The predicted octanol–water partition coefficient (Wildman–Crippen LogP) is 0.706. The van der Waals surface area contributed by atoms with Crippen molar-refractivity contribution >= 4 is 17.8 Å². The minimum absolute atomic E-state index is 0.382. The number of hydrogen-bond acceptors (Lipinski definition) is 4. The van der Waals surface area contributed by atoms with E-state index >= 15 is 0 Å². The lowest BCUT2D eigenvalue weighted by Crippen LogP contribution is -2.43. The highest BCUT2D eigenvalue weighted by atomic mass is 16.4. The minimum atomic E-state index is -1.49. The van der Waals surface area contributed by atoms with Crippen LogP contribution in [0.2, 0.25) is 0 Å². The summed E-state index contributed by atoms with van der Waals surface area (Å²) >= 11 is 0. The maximum absolute atomic E-state index is 12.0. The van der Waals surface area contributed by atoms with Gasteiger partial charge in [-0.25, -0.2) is 4.79 Å². The summed E-state index contributed by atoms with van der Waals surface area (Å²) in [5.41, 5.74) is 0.929. The molecule has 0 fully saturated rings. The van der Waals surface area contributed by atoms with Crippen LogP contribution in [0.3, 0.4) is 0 Å². The summed E-state index contributed by atoms with van der Waals surface area (Å²) in [6.07, 6.45) is -0.702. The summed E-state index contributed by atoms with van der Waals surface area (Å²) in [6, 6.07) is 6.81. The van der Waals surface area contributed by atoms with Gasteiger partial charge in [0, 0.05) is 0 Å². The van der Waals surface area contributed by atoms with E-state index in [1.807, 2.05) is 6.07 Å². The Bertz CT molecular complexity index is 606. The molecule has 2 atom stereocenters. The molecule has 0 saturated carbocycles. The van der Waals surface area contributed by atoms with E-state index in [4.69, 9.17) is 15.5 Å². The molecule has 0 radical (unpaired) electrons. The Labute approximate surface area is 120 Å². The van der Waals surface area contributed by atoms with Gasteiger partial charge in [-0.15, -0.1) is 0 Å². The number of nitriles is 1. The number of carbonyl (C=O) groups is 3. The molecule has 0 aliphatic heterocycles. The van der Waals surface area contributed by atoms with E-state index in [2.05, 4.69) is 5.32 Å². The lowest BCUT2D eigenvalue weighted by atomic mass is 9.98. The van der Waals surface area contributed by atoms with E-state index in [-0.39, 0.29) is 0 Å². The number of carboxylic acids is 2. The van der Waals surface area contributed by atoms with Gasteiger partial charge < -0.3 is 15.5 Å². The summed E-state index contributed by atoms with van der Waals surface area (Å²) in [5.74, 6) is -4.04. The number of hydrogen-bond donors (Lipinski definition) is 3. The number of amides is 1. The molecule has 1 aromatic carbocycles. The Morgan fingerprint density at radius 3 is 2.52 bits per heavy atom. The van der Waals surface area contributed by atoms with Crippen LogP contribution in [-0.2, 0) is 14.4 Å². The number of benzene rings is 1. The molecule has 1 rings (SSSR count). The molecule has 0 bridgehead atoms. The molecule has 3 N–H and O–H groups in total. The average Bonchev–Trinajstić information content (AvgIpc) is 2.45. The van der Waals surface area contributed by atoms with Gasteiger partial charge in [-0.3, -0.25) is 9.59 Å². The average molecular weight is 290 g/mol. The van der Waals surface area contributed by atoms with Crippen molar-refractivity contribution in [1.29, 1.82) is 5.26 Å². The Morgan fingerprint density at radius 1 is 1.33 bits per heavy atom. The molecule has 0 aliphatic rings. The molecule has 7 heteroatoms. The monoisotopic (exact) mass is 290 g/mol. The molecule has 1 amide bonds. The van der Waals surface area contributed by atoms with Crippen LogP contribution in [-0.4, -0.2) is 34.1 Å². The smallest absolute Gasteiger partial charge is 0.326 e. The Kier molecular flexibility index (Phi) is 5.43. The van der Waals surface area contributed by atoms with Crippen LogP contribution in [0.4, 0.5) is 0 Å². The van der Waals surface area contributed by atoms with Crippen molar-refractivity contribution in [3.05, 3.63) is 35.4 Å².